The van der Waals surface area contributed by atoms with Crippen molar-refractivity contribution < 1.29 is 9.59 Å². The van der Waals surface area contributed by atoms with Gasteiger partial charge < -0.3 is 10.6 Å². The van der Waals surface area contributed by atoms with E-state index in [-0.39, 0.29) is 23.8 Å². The maximum Gasteiger partial charge on any atom is 0.241 e. The number of hydrogen-bond donors (Lipinski definition) is 2. The summed E-state index contributed by atoms with van der Waals surface area (Å²) in [7, 11) is 1.98. The molecule has 27 heavy (non-hydrogen) atoms. The molecule has 0 spiro atoms. The van der Waals surface area contributed by atoms with Gasteiger partial charge in [-0.25, -0.2) is 0 Å². The smallest absolute Gasteiger partial charge is 0.241 e. The van der Waals surface area contributed by atoms with Gasteiger partial charge in [0, 0.05) is 11.4 Å². The number of fused-ring (bicyclic) bond motifs is 1. The van der Waals surface area contributed by atoms with Crippen molar-refractivity contribution in [2.75, 3.05) is 24.2 Å². The van der Waals surface area contributed by atoms with Crippen LogP contribution in [-0.2, 0) is 16.0 Å². The van der Waals surface area contributed by atoms with Crippen LogP contribution < -0.4 is 10.6 Å². The number of carbonyl (C=O) groups is 2. The van der Waals surface area contributed by atoms with E-state index in [1.54, 1.807) is 0 Å². The van der Waals surface area contributed by atoms with Crippen LogP contribution >= 0.6 is 0 Å². The molecule has 5 heteroatoms. The number of amides is 2. The summed E-state index contributed by atoms with van der Waals surface area (Å²) in [5.41, 5.74) is 3.81. The van der Waals surface area contributed by atoms with Gasteiger partial charge in [-0.05, 0) is 68.6 Å². The van der Waals surface area contributed by atoms with E-state index in [0.29, 0.717) is 11.4 Å². The van der Waals surface area contributed by atoms with Crippen molar-refractivity contribution >= 4 is 23.2 Å². The second-order valence-electron chi connectivity index (χ2n) is 7.49. The number of nitrogens with one attached hydrogen (secondary N) is 2. The molecule has 1 saturated heterocycles. The van der Waals surface area contributed by atoms with Crippen molar-refractivity contribution in [1.82, 2.24) is 4.90 Å². The van der Waals surface area contributed by atoms with E-state index in [0.717, 1.165) is 37.8 Å². The Hall–Kier alpha value is -2.66. The molecule has 2 aromatic carbocycles. The average Bonchev–Trinajstić information content (AvgIpc) is 3.28. The number of nitrogens with zero attached hydrogens (tertiary/aromatic N) is 1. The molecular formula is C22H25N3O2. The van der Waals surface area contributed by atoms with Gasteiger partial charge in [0.25, 0.3) is 0 Å². The van der Waals surface area contributed by atoms with Crippen LogP contribution in [0.4, 0.5) is 11.4 Å². The Morgan fingerprint density at radius 3 is 2.44 bits per heavy atom. The molecule has 5 nitrogen and oxygen atoms in total. The van der Waals surface area contributed by atoms with Crippen molar-refractivity contribution in [2.24, 2.45) is 0 Å². The minimum Gasteiger partial charge on any atom is -0.325 e. The van der Waals surface area contributed by atoms with Gasteiger partial charge in [-0.2, -0.15) is 0 Å². The number of anilines is 2. The van der Waals surface area contributed by atoms with Crippen LogP contribution in [0.3, 0.4) is 0 Å². The second-order valence-corrected chi connectivity index (χ2v) is 7.49. The summed E-state index contributed by atoms with van der Waals surface area (Å²) in [4.78, 5) is 27.3. The second kappa shape index (κ2) is 7.53. The highest BCUT2D eigenvalue weighted by atomic mass is 16.2. The van der Waals surface area contributed by atoms with Crippen molar-refractivity contribution in [2.45, 2.75) is 37.6 Å². The molecule has 2 aliphatic rings. The first-order valence-electron chi connectivity index (χ1n) is 9.61. The average molecular weight is 363 g/mol. The van der Waals surface area contributed by atoms with E-state index in [2.05, 4.69) is 21.6 Å². The fourth-order valence-corrected chi connectivity index (χ4v) is 4.20. The van der Waals surface area contributed by atoms with Crippen molar-refractivity contribution in [3.63, 3.8) is 0 Å². The van der Waals surface area contributed by atoms with Crippen molar-refractivity contribution in [3.05, 3.63) is 59.7 Å². The lowest BCUT2D eigenvalue weighted by atomic mass is 10.0. The van der Waals surface area contributed by atoms with Gasteiger partial charge in [0.2, 0.25) is 11.8 Å². The standard InChI is InChI=1S/C22H25N3O2/c1-25-13-5-10-20(25)22(27)24-17-8-4-7-16(14-17)23-21(26)19-12-11-15-6-2-3-9-18(15)19/h2-4,6-9,14,19-20H,5,10-13H2,1H3,(H,23,26)(H,24,27)/t19?,20-/m1/s1. The molecule has 1 heterocycles. The molecule has 2 amide bonds. The van der Waals surface area contributed by atoms with Crippen molar-refractivity contribution in [1.29, 1.82) is 0 Å². The minimum atomic E-state index is -0.105. The zero-order valence-electron chi connectivity index (χ0n) is 15.6. The van der Waals surface area contributed by atoms with Gasteiger partial charge in [0.15, 0.2) is 0 Å². The molecule has 140 valence electrons. The van der Waals surface area contributed by atoms with Crippen LogP contribution in [0.2, 0.25) is 0 Å². The highest BCUT2D eigenvalue weighted by molar-refractivity contribution is 5.98. The third-order valence-electron chi connectivity index (χ3n) is 5.67. The van der Waals surface area contributed by atoms with Crippen LogP contribution in [0.25, 0.3) is 0 Å². The monoisotopic (exact) mass is 363 g/mol. The summed E-state index contributed by atoms with van der Waals surface area (Å²) in [6, 6.07) is 15.5. The zero-order chi connectivity index (χ0) is 18.8. The molecule has 1 unspecified atom stereocenters. The fraction of sp³-hybridized carbons (Fsp3) is 0.364. The van der Waals surface area contributed by atoms with Gasteiger partial charge in [-0.15, -0.1) is 0 Å². The Morgan fingerprint density at radius 2 is 1.70 bits per heavy atom. The van der Waals surface area contributed by atoms with E-state index >= 15 is 0 Å². The summed E-state index contributed by atoms with van der Waals surface area (Å²) < 4.78 is 0. The van der Waals surface area contributed by atoms with Crippen LogP contribution in [0, 0.1) is 0 Å². The maximum absolute atomic E-state index is 12.8. The number of benzene rings is 2. The Labute approximate surface area is 159 Å². The summed E-state index contributed by atoms with van der Waals surface area (Å²) in [5, 5.41) is 6.00. The zero-order valence-corrected chi connectivity index (χ0v) is 15.6. The van der Waals surface area contributed by atoms with Crippen LogP contribution in [-0.4, -0.2) is 36.3 Å². The molecule has 2 atom stereocenters. The topological polar surface area (TPSA) is 61.4 Å². The van der Waals surface area contributed by atoms with E-state index in [1.165, 1.54) is 5.56 Å². The van der Waals surface area contributed by atoms with Gasteiger partial charge >= 0.3 is 0 Å². The molecule has 1 aliphatic heterocycles. The van der Waals surface area contributed by atoms with Crippen LogP contribution in [0.1, 0.15) is 36.3 Å². The predicted molar refractivity (Wildman–Crippen MR) is 107 cm³/mol. The molecule has 0 bridgehead atoms. The highest BCUT2D eigenvalue weighted by Crippen LogP contribution is 2.33. The first-order valence-corrected chi connectivity index (χ1v) is 9.61. The Morgan fingerprint density at radius 1 is 0.963 bits per heavy atom. The van der Waals surface area contributed by atoms with E-state index in [1.807, 2.05) is 49.5 Å². The molecule has 2 aromatic rings. The SMILES string of the molecule is CN1CCC[C@@H]1C(=O)Nc1cccc(NC(=O)C2CCc3ccccc32)c1. The Bertz CT molecular complexity index is 864. The third kappa shape index (κ3) is 3.74. The molecule has 0 saturated carbocycles. The predicted octanol–water partition coefficient (Wildman–Crippen LogP) is 3.39. The summed E-state index contributed by atoms with van der Waals surface area (Å²) in [6.07, 6.45) is 3.72. The molecule has 1 fully saturated rings. The minimum absolute atomic E-state index is 0.0129. The van der Waals surface area contributed by atoms with E-state index < -0.39 is 0 Å². The number of rotatable bonds is 4. The van der Waals surface area contributed by atoms with Gasteiger partial charge in [-0.1, -0.05) is 30.3 Å². The third-order valence-corrected chi connectivity index (χ3v) is 5.67. The molecular weight excluding hydrogens is 338 g/mol. The van der Waals surface area contributed by atoms with Crippen molar-refractivity contribution in [3.8, 4) is 0 Å². The molecule has 2 N–H and O–H groups in total. The lowest BCUT2D eigenvalue weighted by molar-refractivity contribution is -0.120. The first-order chi connectivity index (χ1) is 13.1. The molecule has 0 aromatic heterocycles. The van der Waals surface area contributed by atoms with Gasteiger partial charge in [-0.3, -0.25) is 14.5 Å². The number of hydrogen-bond acceptors (Lipinski definition) is 3. The lowest BCUT2D eigenvalue weighted by Crippen LogP contribution is -2.37. The number of likely N-dealkylation sites (N-methyl/N-ethyl adjacent to an activating group) is 1. The number of carbonyl (C=O) groups excluding carboxylic acids is 2. The van der Waals surface area contributed by atoms with Crippen LogP contribution in [0.15, 0.2) is 48.5 Å². The quantitative estimate of drug-likeness (QED) is 0.875. The molecule has 4 rings (SSSR count). The lowest BCUT2D eigenvalue weighted by Gasteiger charge is -2.19. The first kappa shape index (κ1) is 17.7. The number of likely N-dealkylation sites (tertiary alicyclic amines) is 1. The maximum atomic E-state index is 12.8. The normalized spacial score (nSPS) is 21.7. The summed E-state index contributed by atoms with van der Waals surface area (Å²) in [5.74, 6) is -0.0752. The van der Waals surface area contributed by atoms with E-state index in [4.69, 9.17) is 0 Å². The van der Waals surface area contributed by atoms with E-state index in [9.17, 15) is 9.59 Å². The summed E-state index contributed by atoms with van der Waals surface area (Å²) >= 11 is 0. The van der Waals surface area contributed by atoms with Gasteiger partial charge in [0.1, 0.15) is 0 Å². The van der Waals surface area contributed by atoms with Gasteiger partial charge in [0.05, 0.1) is 12.0 Å². The molecule has 1 aliphatic carbocycles. The molecule has 0 radical (unpaired) electrons. The largest absolute Gasteiger partial charge is 0.325 e. The Kier molecular flexibility index (Phi) is 4.94. The Balaban J connectivity index is 1.42. The number of aryl methyl sites for hydroxylation is 1. The van der Waals surface area contributed by atoms with Crippen LogP contribution in [0.5, 0.6) is 0 Å². The highest BCUT2D eigenvalue weighted by Gasteiger charge is 2.29. The fourth-order valence-electron chi connectivity index (χ4n) is 4.20. The summed E-state index contributed by atoms with van der Waals surface area (Å²) in [6.45, 7) is 0.955.